The molecule has 1 saturated heterocycles. The summed E-state index contributed by atoms with van der Waals surface area (Å²) in [4.78, 5) is 36.3. The summed E-state index contributed by atoms with van der Waals surface area (Å²) in [6, 6.07) is 4.15. The predicted octanol–water partition coefficient (Wildman–Crippen LogP) is 1.54. The van der Waals surface area contributed by atoms with Gasteiger partial charge in [-0.05, 0) is 12.1 Å². The van der Waals surface area contributed by atoms with Gasteiger partial charge in [-0.1, -0.05) is 13.8 Å². The van der Waals surface area contributed by atoms with Crippen LogP contribution in [0.3, 0.4) is 0 Å². The maximum absolute atomic E-state index is 12.1. The molecule has 1 heterocycles. The molecule has 1 aliphatic rings. The van der Waals surface area contributed by atoms with Gasteiger partial charge in [0.15, 0.2) is 0 Å². The number of hydrogen-bond donors (Lipinski definition) is 1. The zero-order chi connectivity index (χ0) is 15.0. The standard InChI is InChI=1S/C14H15NO5/c1-7-8(2)13(17)15(12(7)16)9-4-5-10(14(18)19)11(6-9)20-3/h4-8H,1-3H3,(H,18,19). The largest absolute Gasteiger partial charge is 0.496 e. The van der Waals surface area contributed by atoms with Gasteiger partial charge < -0.3 is 9.84 Å². The number of carboxylic acid groups (broad SMARTS) is 1. The van der Waals surface area contributed by atoms with Gasteiger partial charge in [0.2, 0.25) is 11.8 Å². The quantitative estimate of drug-likeness (QED) is 0.847. The van der Waals surface area contributed by atoms with Crippen molar-refractivity contribution in [2.45, 2.75) is 13.8 Å². The highest BCUT2D eigenvalue weighted by molar-refractivity contribution is 6.21. The molecule has 0 spiro atoms. The van der Waals surface area contributed by atoms with Crippen LogP contribution in [0, 0.1) is 11.8 Å². The number of carbonyl (C=O) groups is 3. The van der Waals surface area contributed by atoms with E-state index in [0.29, 0.717) is 5.69 Å². The van der Waals surface area contributed by atoms with E-state index in [9.17, 15) is 14.4 Å². The Morgan fingerprint density at radius 2 is 1.75 bits per heavy atom. The number of anilines is 1. The number of benzene rings is 1. The Bertz CT molecular complexity index is 575. The van der Waals surface area contributed by atoms with Crippen LogP contribution < -0.4 is 9.64 Å². The lowest BCUT2D eigenvalue weighted by atomic mass is 10.00. The number of nitrogens with zero attached hydrogens (tertiary/aromatic N) is 1. The monoisotopic (exact) mass is 277 g/mol. The molecular weight excluding hydrogens is 262 g/mol. The molecule has 0 bridgehead atoms. The fourth-order valence-electron chi connectivity index (χ4n) is 2.19. The number of imide groups is 1. The first-order chi connectivity index (χ1) is 9.38. The van der Waals surface area contributed by atoms with Crippen molar-refractivity contribution in [2.75, 3.05) is 12.0 Å². The highest BCUT2D eigenvalue weighted by Crippen LogP contribution is 2.33. The van der Waals surface area contributed by atoms with Crippen molar-refractivity contribution in [1.82, 2.24) is 0 Å². The number of methoxy groups -OCH3 is 1. The van der Waals surface area contributed by atoms with Gasteiger partial charge in [0.05, 0.1) is 12.8 Å². The molecule has 1 aliphatic heterocycles. The minimum absolute atomic E-state index is 0.0172. The van der Waals surface area contributed by atoms with E-state index in [2.05, 4.69) is 0 Å². The summed E-state index contributed by atoms with van der Waals surface area (Å²) in [5.41, 5.74) is 0.314. The molecule has 106 valence electrons. The topological polar surface area (TPSA) is 83.9 Å². The maximum Gasteiger partial charge on any atom is 0.339 e. The van der Waals surface area contributed by atoms with E-state index in [1.165, 1.54) is 25.3 Å². The van der Waals surface area contributed by atoms with Crippen LogP contribution in [-0.2, 0) is 9.59 Å². The Morgan fingerprint density at radius 3 is 2.20 bits per heavy atom. The number of rotatable bonds is 3. The number of amides is 2. The average molecular weight is 277 g/mol. The number of carbonyl (C=O) groups excluding carboxylic acids is 2. The second kappa shape index (κ2) is 4.96. The SMILES string of the molecule is COc1cc(N2C(=O)C(C)C(C)C2=O)ccc1C(=O)O. The number of carboxylic acids is 1. The second-order valence-corrected chi connectivity index (χ2v) is 4.78. The molecule has 1 aromatic carbocycles. The molecule has 2 unspecified atom stereocenters. The van der Waals surface area contributed by atoms with Gasteiger partial charge in [-0.3, -0.25) is 9.59 Å². The average Bonchev–Trinajstić information content (AvgIpc) is 2.62. The Labute approximate surface area is 115 Å². The van der Waals surface area contributed by atoms with Crippen LogP contribution in [0.15, 0.2) is 18.2 Å². The van der Waals surface area contributed by atoms with Crippen LogP contribution in [0.4, 0.5) is 5.69 Å². The fraction of sp³-hybridized carbons (Fsp3) is 0.357. The Morgan fingerprint density at radius 1 is 1.20 bits per heavy atom. The molecule has 2 atom stereocenters. The molecule has 2 rings (SSSR count). The summed E-state index contributed by atoms with van der Waals surface area (Å²) in [5.74, 6) is -2.35. The van der Waals surface area contributed by atoms with Gasteiger partial charge in [-0.15, -0.1) is 0 Å². The van der Waals surface area contributed by atoms with Crippen molar-refractivity contribution >= 4 is 23.5 Å². The van der Waals surface area contributed by atoms with Crippen LogP contribution in [0.5, 0.6) is 5.75 Å². The van der Waals surface area contributed by atoms with E-state index in [-0.39, 0.29) is 35.0 Å². The molecule has 0 saturated carbocycles. The van der Waals surface area contributed by atoms with Crippen molar-refractivity contribution in [3.63, 3.8) is 0 Å². The zero-order valence-corrected chi connectivity index (χ0v) is 11.4. The molecule has 1 fully saturated rings. The molecule has 6 nitrogen and oxygen atoms in total. The Kier molecular flexibility index (Phi) is 3.48. The van der Waals surface area contributed by atoms with E-state index in [1.807, 2.05) is 0 Å². The molecule has 0 radical (unpaired) electrons. The molecule has 0 aromatic heterocycles. The minimum Gasteiger partial charge on any atom is -0.496 e. The van der Waals surface area contributed by atoms with Gasteiger partial charge in [-0.25, -0.2) is 9.69 Å². The van der Waals surface area contributed by atoms with Crippen molar-refractivity contribution in [3.8, 4) is 5.75 Å². The van der Waals surface area contributed by atoms with Crippen molar-refractivity contribution in [3.05, 3.63) is 23.8 Å². The molecule has 1 N–H and O–H groups in total. The van der Waals surface area contributed by atoms with E-state index in [0.717, 1.165) is 4.90 Å². The lowest BCUT2D eigenvalue weighted by Crippen LogP contribution is -2.30. The van der Waals surface area contributed by atoms with Gasteiger partial charge in [0.25, 0.3) is 0 Å². The third-order valence-corrected chi connectivity index (χ3v) is 3.64. The first-order valence-corrected chi connectivity index (χ1v) is 6.17. The zero-order valence-electron chi connectivity index (χ0n) is 11.4. The van der Waals surface area contributed by atoms with E-state index in [4.69, 9.17) is 9.84 Å². The summed E-state index contributed by atoms with van der Waals surface area (Å²) < 4.78 is 5.00. The van der Waals surface area contributed by atoms with Crippen LogP contribution in [0.25, 0.3) is 0 Å². The van der Waals surface area contributed by atoms with E-state index < -0.39 is 5.97 Å². The molecule has 0 aliphatic carbocycles. The third-order valence-electron chi connectivity index (χ3n) is 3.64. The highest BCUT2D eigenvalue weighted by atomic mass is 16.5. The second-order valence-electron chi connectivity index (χ2n) is 4.78. The summed E-state index contributed by atoms with van der Waals surface area (Å²) >= 11 is 0. The lowest BCUT2D eigenvalue weighted by molar-refractivity contribution is -0.122. The van der Waals surface area contributed by atoms with Crippen LogP contribution in [0.1, 0.15) is 24.2 Å². The smallest absolute Gasteiger partial charge is 0.339 e. The molecular formula is C14H15NO5. The Balaban J connectivity index is 2.47. The van der Waals surface area contributed by atoms with Gasteiger partial charge >= 0.3 is 5.97 Å². The van der Waals surface area contributed by atoms with Crippen LogP contribution in [-0.4, -0.2) is 30.0 Å². The number of aromatic carboxylic acids is 1. The summed E-state index contributed by atoms with van der Waals surface area (Å²) in [6.45, 7) is 3.40. The van der Waals surface area contributed by atoms with Crippen molar-refractivity contribution < 1.29 is 24.2 Å². The Hall–Kier alpha value is -2.37. The van der Waals surface area contributed by atoms with Gasteiger partial charge in [-0.2, -0.15) is 0 Å². The number of ether oxygens (including phenoxy) is 1. The molecule has 20 heavy (non-hydrogen) atoms. The van der Waals surface area contributed by atoms with E-state index >= 15 is 0 Å². The minimum atomic E-state index is -1.13. The molecule has 6 heteroatoms. The van der Waals surface area contributed by atoms with E-state index in [1.54, 1.807) is 13.8 Å². The molecule has 1 aromatic rings. The maximum atomic E-state index is 12.1. The predicted molar refractivity (Wildman–Crippen MR) is 70.8 cm³/mol. The van der Waals surface area contributed by atoms with Crippen LogP contribution >= 0.6 is 0 Å². The van der Waals surface area contributed by atoms with Gasteiger partial charge in [0, 0.05) is 17.9 Å². The van der Waals surface area contributed by atoms with Crippen LogP contribution in [0.2, 0.25) is 0 Å². The van der Waals surface area contributed by atoms with Crippen molar-refractivity contribution in [1.29, 1.82) is 0 Å². The highest BCUT2D eigenvalue weighted by Gasteiger charge is 2.43. The lowest BCUT2D eigenvalue weighted by Gasteiger charge is -2.16. The summed E-state index contributed by atoms with van der Waals surface area (Å²) in [7, 11) is 1.34. The molecule has 2 amide bonds. The summed E-state index contributed by atoms with van der Waals surface area (Å²) in [6.07, 6.45) is 0. The third kappa shape index (κ3) is 2.03. The summed E-state index contributed by atoms with van der Waals surface area (Å²) in [5, 5.41) is 9.01. The van der Waals surface area contributed by atoms with Crippen molar-refractivity contribution in [2.24, 2.45) is 11.8 Å². The normalized spacial score (nSPS) is 22.2. The first kappa shape index (κ1) is 14.0. The first-order valence-electron chi connectivity index (χ1n) is 6.17. The number of hydrogen-bond acceptors (Lipinski definition) is 4. The fourth-order valence-corrected chi connectivity index (χ4v) is 2.19. The van der Waals surface area contributed by atoms with Gasteiger partial charge in [0.1, 0.15) is 11.3 Å².